The van der Waals surface area contributed by atoms with Crippen molar-refractivity contribution in [1.29, 1.82) is 0 Å². The molecule has 0 bridgehead atoms. The van der Waals surface area contributed by atoms with Crippen molar-refractivity contribution in [2.75, 3.05) is 6.79 Å². The Balaban J connectivity index is 1.58. The Kier molecular flexibility index (Phi) is 5.44. The minimum atomic E-state index is -0.917. The number of nitrogens with zero attached hydrogens (tertiary/aromatic N) is 2. The molecular formula is C24H26N2O4S. The van der Waals surface area contributed by atoms with Crippen molar-refractivity contribution in [2.24, 2.45) is 5.92 Å². The van der Waals surface area contributed by atoms with Crippen molar-refractivity contribution in [2.45, 2.75) is 52.0 Å². The van der Waals surface area contributed by atoms with Gasteiger partial charge < -0.3 is 14.6 Å². The Morgan fingerprint density at radius 2 is 2.00 bits per heavy atom. The number of carboxylic acids is 1. The lowest BCUT2D eigenvalue weighted by Crippen LogP contribution is -2.19. The number of hydrogen-bond donors (Lipinski definition) is 1. The normalized spacial score (nSPS) is 16.0. The fraction of sp³-hybridized carbons (Fsp3) is 0.417. The third-order valence-electron chi connectivity index (χ3n) is 6.36. The first-order valence-corrected chi connectivity index (χ1v) is 11.7. The van der Waals surface area contributed by atoms with Gasteiger partial charge in [-0.25, -0.2) is 4.79 Å². The average molecular weight is 439 g/mol. The SMILES string of the molecule is Cc1cc2c(cc1Cc1c(-c3cccs3)nn(CC3CCCCC3)c1C(=O)O)OCO2. The summed E-state index contributed by atoms with van der Waals surface area (Å²) in [6, 6.07) is 7.94. The minimum absolute atomic E-state index is 0.221. The molecule has 0 atom stereocenters. The monoisotopic (exact) mass is 438 g/mol. The van der Waals surface area contributed by atoms with E-state index in [0.29, 0.717) is 30.3 Å². The van der Waals surface area contributed by atoms with Gasteiger partial charge in [-0.2, -0.15) is 5.10 Å². The standard InChI is InChI=1S/C24H26N2O4S/c1-15-10-19-20(30-14-29-19)12-17(15)11-18-22(21-8-5-9-31-21)25-26(23(18)24(27)28)13-16-6-3-2-4-7-16/h5,8-10,12,16H,2-4,6-7,11,13-14H2,1H3,(H,27,28). The van der Waals surface area contributed by atoms with Crippen LogP contribution < -0.4 is 9.47 Å². The van der Waals surface area contributed by atoms with E-state index in [4.69, 9.17) is 14.6 Å². The Hall–Kier alpha value is -2.80. The van der Waals surface area contributed by atoms with Crippen LogP contribution in [0.1, 0.15) is 59.3 Å². The van der Waals surface area contributed by atoms with Crippen LogP contribution in [0.2, 0.25) is 0 Å². The summed E-state index contributed by atoms with van der Waals surface area (Å²) in [7, 11) is 0. The molecule has 6 nitrogen and oxygen atoms in total. The molecule has 3 aromatic rings. The second-order valence-corrected chi connectivity index (χ2v) is 9.40. The van der Waals surface area contributed by atoms with Crippen molar-refractivity contribution >= 4 is 17.3 Å². The quantitative estimate of drug-likeness (QED) is 0.549. The van der Waals surface area contributed by atoms with Crippen molar-refractivity contribution in [3.8, 4) is 22.1 Å². The van der Waals surface area contributed by atoms with Gasteiger partial charge in [0.25, 0.3) is 0 Å². The average Bonchev–Trinajstić information content (AvgIpc) is 3.49. The molecule has 1 aliphatic carbocycles. The molecule has 0 radical (unpaired) electrons. The van der Waals surface area contributed by atoms with E-state index in [1.165, 1.54) is 19.3 Å². The molecule has 0 unspecified atom stereocenters. The number of carbonyl (C=O) groups is 1. The Labute approximate surface area is 185 Å². The van der Waals surface area contributed by atoms with Crippen LogP contribution in [0.3, 0.4) is 0 Å². The molecule has 0 amide bonds. The smallest absolute Gasteiger partial charge is 0.354 e. The summed E-state index contributed by atoms with van der Waals surface area (Å²) in [5.41, 5.74) is 3.94. The van der Waals surface area contributed by atoms with Gasteiger partial charge in [0.05, 0.1) is 4.88 Å². The van der Waals surface area contributed by atoms with Crippen LogP contribution in [0, 0.1) is 12.8 Å². The molecule has 31 heavy (non-hydrogen) atoms. The highest BCUT2D eigenvalue weighted by molar-refractivity contribution is 7.13. The zero-order chi connectivity index (χ0) is 21.4. The number of aromatic carboxylic acids is 1. The van der Waals surface area contributed by atoms with Crippen LogP contribution in [-0.2, 0) is 13.0 Å². The summed E-state index contributed by atoms with van der Waals surface area (Å²) < 4.78 is 12.8. The number of aromatic nitrogens is 2. The zero-order valence-corrected chi connectivity index (χ0v) is 18.4. The van der Waals surface area contributed by atoms with Crippen molar-refractivity contribution < 1.29 is 19.4 Å². The zero-order valence-electron chi connectivity index (χ0n) is 17.6. The summed E-state index contributed by atoms with van der Waals surface area (Å²) in [5.74, 6) is 1.03. The molecule has 0 saturated heterocycles. The molecule has 1 N–H and O–H groups in total. The summed E-state index contributed by atoms with van der Waals surface area (Å²) in [6.45, 7) is 2.91. The predicted octanol–water partition coefficient (Wildman–Crippen LogP) is 5.52. The van der Waals surface area contributed by atoms with Crippen LogP contribution >= 0.6 is 11.3 Å². The summed E-state index contributed by atoms with van der Waals surface area (Å²) in [6.07, 6.45) is 6.48. The van der Waals surface area contributed by atoms with Gasteiger partial charge in [-0.15, -0.1) is 11.3 Å². The molecule has 1 saturated carbocycles. The van der Waals surface area contributed by atoms with Crippen molar-refractivity contribution in [1.82, 2.24) is 9.78 Å². The highest BCUT2D eigenvalue weighted by Crippen LogP contribution is 2.38. The number of hydrogen-bond acceptors (Lipinski definition) is 5. The number of rotatable bonds is 6. The van der Waals surface area contributed by atoms with Crippen LogP contribution in [0.25, 0.3) is 10.6 Å². The molecule has 1 aromatic carbocycles. The van der Waals surface area contributed by atoms with E-state index < -0.39 is 5.97 Å². The van der Waals surface area contributed by atoms with Gasteiger partial charge in [-0.05, 0) is 60.4 Å². The van der Waals surface area contributed by atoms with Gasteiger partial charge >= 0.3 is 5.97 Å². The highest BCUT2D eigenvalue weighted by atomic mass is 32.1. The van der Waals surface area contributed by atoms with Crippen molar-refractivity contribution in [3.63, 3.8) is 0 Å². The Morgan fingerprint density at radius 1 is 1.23 bits per heavy atom. The number of fused-ring (bicyclic) bond motifs is 1. The van der Waals surface area contributed by atoms with E-state index in [1.807, 2.05) is 36.6 Å². The van der Waals surface area contributed by atoms with E-state index >= 15 is 0 Å². The van der Waals surface area contributed by atoms with E-state index in [0.717, 1.165) is 45.9 Å². The third-order valence-corrected chi connectivity index (χ3v) is 7.24. The first-order valence-electron chi connectivity index (χ1n) is 10.9. The van der Waals surface area contributed by atoms with Gasteiger partial charge in [0, 0.05) is 18.5 Å². The van der Waals surface area contributed by atoms with E-state index in [9.17, 15) is 9.90 Å². The van der Waals surface area contributed by atoms with Gasteiger partial charge in [0.1, 0.15) is 5.69 Å². The van der Waals surface area contributed by atoms with Gasteiger partial charge in [0.2, 0.25) is 6.79 Å². The molecule has 7 heteroatoms. The Bertz CT molecular complexity index is 1100. The maximum Gasteiger partial charge on any atom is 0.354 e. The second kappa shape index (κ2) is 8.38. The maximum absolute atomic E-state index is 12.4. The first kappa shape index (κ1) is 20.1. The summed E-state index contributed by atoms with van der Waals surface area (Å²) in [4.78, 5) is 13.4. The molecule has 0 spiro atoms. The molecule has 1 fully saturated rings. The largest absolute Gasteiger partial charge is 0.477 e. The number of ether oxygens (including phenoxy) is 2. The number of thiophene rings is 1. The maximum atomic E-state index is 12.4. The van der Waals surface area contributed by atoms with E-state index in [1.54, 1.807) is 16.0 Å². The van der Waals surface area contributed by atoms with Crippen molar-refractivity contribution in [3.05, 3.63) is 52.0 Å². The predicted molar refractivity (Wildman–Crippen MR) is 119 cm³/mol. The van der Waals surface area contributed by atoms with Gasteiger partial charge in [0.15, 0.2) is 17.2 Å². The minimum Gasteiger partial charge on any atom is -0.477 e. The lowest BCUT2D eigenvalue weighted by atomic mass is 9.89. The lowest BCUT2D eigenvalue weighted by Gasteiger charge is -2.21. The fourth-order valence-corrected chi connectivity index (χ4v) is 5.47. The van der Waals surface area contributed by atoms with Crippen LogP contribution in [0.5, 0.6) is 11.5 Å². The topological polar surface area (TPSA) is 73.6 Å². The molecule has 3 heterocycles. The molecular weight excluding hydrogens is 412 g/mol. The number of aryl methyl sites for hydroxylation is 1. The van der Waals surface area contributed by atoms with Crippen LogP contribution in [0.4, 0.5) is 0 Å². The molecule has 1 aliphatic heterocycles. The van der Waals surface area contributed by atoms with Crippen LogP contribution in [0.15, 0.2) is 29.6 Å². The molecule has 2 aromatic heterocycles. The summed E-state index contributed by atoms with van der Waals surface area (Å²) in [5, 5.41) is 17.0. The number of carboxylic acid groups (broad SMARTS) is 1. The van der Waals surface area contributed by atoms with Crippen LogP contribution in [-0.4, -0.2) is 27.6 Å². The highest BCUT2D eigenvalue weighted by Gasteiger charge is 2.28. The number of benzene rings is 1. The van der Waals surface area contributed by atoms with Gasteiger partial charge in [-0.1, -0.05) is 25.3 Å². The second-order valence-electron chi connectivity index (χ2n) is 8.45. The van der Waals surface area contributed by atoms with E-state index in [-0.39, 0.29) is 6.79 Å². The molecule has 5 rings (SSSR count). The fourth-order valence-electron chi connectivity index (χ4n) is 4.73. The lowest BCUT2D eigenvalue weighted by molar-refractivity contribution is 0.0680. The first-order chi connectivity index (χ1) is 15.1. The molecule has 162 valence electrons. The molecule has 2 aliphatic rings. The third kappa shape index (κ3) is 3.94. The Morgan fingerprint density at radius 3 is 2.71 bits per heavy atom. The van der Waals surface area contributed by atoms with E-state index in [2.05, 4.69) is 0 Å². The summed E-state index contributed by atoms with van der Waals surface area (Å²) >= 11 is 1.59. The van der Waals surface area contributed by atoms with Gasteiger partial charge in [-0.3, -0.25) is 4.68 Å².